The van der Waals surface area contributed by atoms with Gasteiger partial charge in [-0.2, -0.15) is 0 Å². The first-order valence-electron chi connectivity index (χ1n) is 31.8. The van der Waals surface area contributed by atoms with Gasteiger partial charge in [0.05, 0.1) is 48.1 Å². The lowest BCUT2D eigenvalue weighted by atomic mass is 9.74. The molecular formula is C80H70N4O10. The highest BCUT2D eigenvalue weighted by atomic mass is 16.6. The van der Waals surface area contributed by atoms with Crippen molar-refractivity contribution in [1.29, 1.82) is 0 Å². The topological polar surface area (TPSA) is 137 Å². The van der Waals surface area contributed by atoms with Gasteiger partial charge in [0.2, 0.25) is 0 Å². The van der Waals surface area contributed by atoms with E-state index in [1.807, 2.05) is 184 Å². The first-order valence-corrected chi connectivity index (χ1v) is 31.8. The van der Waals surface area contributed by atoms with Crippen LogP contribution in [0.4, 0.5) is 55.1 Å². The zero-order valence-corrected chi connectivity index (χ0v) is 54.1. The van der Waals surface area contributed by atoms with Crippen molar-refractivity contribution in [1.82, 2.24) is 0 Å². The van der Waals surface area contributed by atoms with E-state index >= 15 is 0 Å². The number of anilines is 8. The number of ether oxygens (including phenoxy) is 6. The molecule has 0 fully saturated rings. The first kappa shape index (κ1) is 60.4. The molecule has 0 aromatic heterocycles. The Kier molecular flexibility index (Phi) is 14.9. The quantitative estimate of drug-likeness (QED) is 0.0803. The Hall–Kier alpha value is -11.1. The van der Waals surface area contributed by atoms with Gasteiger partial charge in [0.1, 0.15) is 23.0 Å². The molecule has 4 aliphatic heterocycles. The van der Waals surface area contributed by atoms with Gasteiger partial charge in [-0.05, 0) is 178 Å². The number of hydrogen-bond donors (Lipinski definition) is 0. The van der Waals surface area contributed by atoms with E-state index in [1.165, 1.54) is 24.0 Å². The second kappa shape index (κ2) is 23.2. The Balaban J connectivity index is 0.798. The molecule has 0 aliphatic carbocycles. The van der Waals surface area contributed by atoms with Crippen LogP contribution < -0.4 is 29.1 Å². The summed E-state index contributed by atoms with van der Waals surface area (Å²) >= 11 is 0. The van der Waals surface area contributed by atoms with Crippen molar-refractivity contribution in [3.05, 3.63) is 284 Å². The van der Waals surface area contributed by atoms with E-state index in [0.717, 1.165) is 45.0 Å². The van der Waals surface area contributed by atoms with Crippen LogP contribution >= 0.6 is 0 Å². The van der Waals surface area contributed by atoms with Gasteiger partial charge in [0.25, 0.3) is 0 Å². The maximum absolute atomic E-state index is 14.4. The van der Waals surface area contributed by atoms with Crippen molar-refractivity contribution in [2.45, 2.75) is 78.4 Å². The number of nitrogens with zero attached hydrogens (tertiary/aromatic N) is 4. The summed E-state index contributed by atoms with van der Waals surface area (Å²) in [5.74, 6) is 1.11. The van der Waals surface area contributed by atoms with Gasteiger partial charge in [0, 0.05) is 86.8 Å². The van der Waals surface area contributed by atoms with Crippen molar-refractivity contribution >= 4 is 69.6 Å². The first-order chi connectivity index (χ1) is 45.5. The highest BCUT2D eigenvalue weighted by Crippen LogP contribution is 2.60. The average molecular weight is 1250 g/mol. The van der Waals surface area contributed by atoms with E-state index < -0.39 is 40.7 Å². The van der Waals surface area contributed by atoms with Gasteiger partial charge >= 0.3 is 24.1 Å². The molecule has 0 bridgehead atoms. The van der Waals surface area contributed by atoms with E-state index in [4.69, 9.17) is 28.4 Å². The minimum absolute atomic E-state index is 0.441. The highest BCUT2D eigenvalue weighted by molar-refractivity contribution is 6.01. The fourth-order valence-electron chi connectivity index (χ4n) is 14.5. The van der Waals surface area contributed by atoms with Crippen LogP contribution in [0.3, 0.4) is 0 Å². The number of esters is 2. The number of amides is 2. The van der Waals surface area contributed by atoms with Gasteiger partial charge in [-0.15, -0.1) is 0 Å². The Morgan fingerprint density at radius 3 is 1.14 bits per heavy atom. The normalized spacial score (nSPS) is 16.5. The summed E-state index contributed by atoms with van der Waals surface area (Å²) in [5, 5.41) is 0. The molecule has 2 atom stereocenters. The predicted molar refractivity (Wildman–Crippen MR) is 365 cm³/mol. The van der Waals surface area contributed by atoms with Crippen molar-refractivity contribution in [2.75, 3.05) is 46.9 Å². The standard InChI is InChI=1S/C80H70N4O10/c1-11-78(8,52-30-34-54(35-31-52)83(76(87)89-9)68-46-64-70(42-50(68)6)91-72-44-56(81(12-2)66-28-20-14-22-48(66)4)38-40-62(72)79(64)60-26-18-16-24-58(60)74(85)93-79)53-32-36-55(37-33-53)84(77(88)90-10)69-47-65-71(43-51(69)7)92-73-45-57(82(13-3)67-29-21-15-23-49(67)5)39-41-63(73)80(65)61-27-19-17-25-59(61)75(86)94-80/h14-47H,11-13H2,1-10H3. The Morgan fingerprint density at radius 1 is 0.404 bits per heavy atom. The molecular weight excluding hydrogens is 1180 g/mol. The van der Waals surface area contributed by atoms with Gasteiger partial charge in [-0.3, -0.25) is 0 Å². The second-order valence-corrected chi connectivity index (χ2v) is 24.5. The number of hydrogen-bond acceptors (Lipinski definition) is 12. The van der Waals surface area contributed by atoms with Gasteiger partial charge in [-0.25, -0.2) is 29.0 Å². The third-order valence-corrected chi connectivity index (χ3v) is 19.5. The molecule has 14 rings (SSSR count). The van der Waals surface area contributed by atoms with Gasteiger partial charge < -0.3 is 38.2 Å². The molecule has 10 aromatic carbocycles. The van der Waals surface area contributed by atoms with Crippen LogP contribution in [0, 0.1) is 27.7 Å². The van der Waals surface area contributed by atoms with Crippen LogP contribution in [0.15, 0.2) is 206 Å². The van der Waals surface area contributed by atoms with E-state index in [9.17, 15) is 19.2 Å². The van der Waals surface area contributed by atoms with Gasteiger partial charge in [0.15, 0.2) is 11.2 Å². The summed E-state index contributed by atoms with van der Waals surface area (Å²) in [4.78, 5) is 64.4. The molecule has 10 aromatic rings. The van der Waals surface area contributed by atoms with Crippen LogP contribution in [-0.2, 0) is 35.6 Å². The molecule has 0 N–H and O–H groups in total. The van der Waals surface area contributed by atoms with Crippen molar-refractivity contribution in [2.24, 2.45) is 0 Å². The van der Waals surface area contributed by atoms with Crippen molar-refractivity contribution in [3.8, 4) is 23.0 Å². The van der Waals surface area contributed by atoms with Gasteiger partial charge in [-0.1, -0.05) is 111 Å². The van der Waals surface area contributed by atoms with Crippen molar-refractivity contribution < 1.29 is 47.6 Å². The van der Waals surface area contributed by atoms with Crippen LogP contribution in [0.5, 0.6) is 23.0 Å². The lowest BCUT2D eigenvalue weighted by Gasteiger charge is -2.38. The molecule has 2 amide bonds. The second-order valence-electron chi connectivity index (χ2n) is 24.5. The van der Waals surface area contributed by atoms with E-state index in [-0.39, 0.29) is 0 Å². The Labute approximate surface area is 547 Å². The number of carbonyl (C=O) groups is 4. The molecule has 14 nitrogen and oxygen atoms in total. The predicted octanol–water partition coefficient (Wildman–Crippen LogP) is 18.9. The molecule has 94 heavy (non-hydrogen) atoms. The maximum atomic E-state index is 14.4. The Bertz CT molecular complexity index is 4460. The average Bonchev–Trinajstić information content (AvgIpc) is 1.43. The van der Waals surface area contributed by atoms with Crippen LogP contribution in [-0.4, -0.2) is 51.4 Å². The number of methoxy groups -OCH3 is 2. The van der Waals surface area contributed by atoms with Crippen LogP contribution in [0.1, 0.15) is 122 Å². The van der Waals surface area contributed by atoms with Crippen LogP contribution in [0.25, 0.3) is 0 Å². The number of carbonyl (C=O) groups excluding carboxylic acids is 4. The number of benzene rings is 10. The van der Waals surface area contributed by atoms with Crippen LogP contribution in [0.2, 0.25) is 0 Å². The monoisotopic (exact) mass is 1250 g/mol. The lowest BCUT2D eigenvalue weighted by molar-refractivity contribution is 0.0214. The smallest absolute Gasteiger partial charge is 0.418 e. The summed E-state index contributed by atoms with van der Waals surface area (Å²) < 4.78 is 38.2. The highest BCUT2D eigenvalue weighted by Gasteiger charge is 2.56. The molecule has 4 heterocycles. The summed E-state index contributed by atoms with van der Waals surface area (Å²) in [6.45, 7) is 17.9. The molecule has 0 radical (unpaired) electrons. The summed E-state index contributed by atoms with van der Waals surface area (Å²) in [5.41, 5.74) is 12.9. The fraction of sp³-hybridized carbons (Fsp3) is 0.200. The number of aryl methyl sites for hydroxylation is 4. The van der Waals surface area contributed by atoms with Crippen molar-refractivity contribution in [3.63, 3.8) is 0 Å². The molecule has 2 unspecified atom stereocenters. The zero-order chi connectivity index (χ0) is 65.5. The SMILES string of the molecule is CCN(c1ccc2c(c1)Oc1cc(C)c(N(C(=O)OC)c3ccc(C(C)(CC)c4ccc(N(C(=O)OC)c5cc6c(cc5C)Oc5cc(N(CC)c7ccccc7C)ccc5C65OC(=O)c6ccccc65)cc4)cc3)cc1C21OC(=O)c2ccccc21)c1ccccc1C. The summed E-state index contributed by atoms with van der Waals surface area (Å²) in [7, 11) is 2.71. The van der Waals surface area contributed by atoms with E-state index in [2.05, 4.69) is 75.6 Å². The van der Waals surface area contributed by atoms with E-state index in [1.54, 1.807) is 12.1 Å². The third-order valence-electron chi connectivity index (χ3n) is 19.5. The summed E-state index contributed by atoms with van der Waals surface area (Å²) in [6, 6.07) is 66.6. The van der Waals surface area contributed by atoms with E-state index in [0.29, 0.717) is 121 Å². The number of fused-ring (bicyclic) bond motifs is 12. The lowest BCUT2D eigenvalue weighted by Crippen LogP contribution is -2.34. The molecule has 4 aliphatic rings. The molecule has 2 spiro atoms. The largest absolute Gasteiger partial charge is 0.456 e. The molecule has 14 heteroatoms. The fourth-order valence-corrected chi connectivity index (χ4v) is 14.5. The number of rotatable bonds is 13. The summed E-state index contributed by atoms with van der Waals surface area (Å²) in [6.07, 6.45) is -0.572. The number of para-hydroxylation sites is 2. The minimum atomic E-state index is -1.43. The zero-order valence-electron chi connectivity index (χ0n) is 54.1. The molecule has 470 valence electrons. The maximum Gasteiger partial charge on any atom is 0.418 e. The molecule has 0 saturated carbocycles. The Morgan fingerprint density at radius 2 is 0.766 bits per heavy atom. The third kappa shape index (κ3) is 9.28. The minimum Gasteiger partial charge on any atom is -0.456 e. The molecule has 0 saturated heterocycles.